The van der Waals surface area contributed by atoms with Gasteiger partial charge >= 0.3 is 0 Å². The molecule has 0 amide bonds. The molecule has 0 bridgehead atoms. The van der Waals surface area contributed by atoms with Gasteiger partial charge in [-0.2, -0.15) is 0 Å². The summed E-state index contributed by atoms with van der Waals surface area (Å²) in [5.74, 6) is -1.97. The topological polar surface area (TPSA) is 18.5 Å². The fraction of sp³-hybridized carbons (Fsp3) is 0.500. The predicted molar refractivity (Wildman–Crippen MR) is 60.2 cm³/mol. The van der Waals surface area contributed by atoms with E-state index in [-0.39, 0.29) is 12.7 Å². The molecular weight excluding hydrogens is 214 g/mol. The van der Waals surface area contributed by atoms with Crippen molar-refractivity contribution in [3.63, 3.8) is 0 Å². The van der Waals surface area contributed by atoms with Crippen LogP contribution in [0.3, 0.4) is 0 Å². The Balaban J connectivity index is 4.87. The molecule has 2 nitrogen and oxygen atoms in total. The van der Waals surface area contributed by atoms with Crippen molar-refractivity contribution in [1.29, 1.82) is 0 Å². The molecule has 16 heavy (non-hydrogen) atoms. The number of rotatable bonds is 7. The lowest BCUT2D eigenvalue weighted by atomic mass is 10.2. The molecule has 0 N–H and O–H groups in total. The van der Waals surface area contributed by atoms with E-state index in [2.05, 4.69) is 6.58 Å². The second-order valence-electron chi connectivity index (χ2n) is 3.12. The van der Waals surface area contributed by atoms with Crippen molar-refractivity contribution in [3.05, 3.63) is 36.1 Å². The molecule has 0 aliphatic rings. The number of hydrogen-bond acceptors (Lipinski definition) is 2. The maximum atomic E-state index is 13.3. The highest BCUT2D eigenvalue weighted by Gasteiger charge is 2.16. The van der Waals surface area contributed by atoms with E-state index in [0.29, 0.717) is 6.42 Å². The highest BCUT2D eigenvalue weighted by molar-refractivity contribution is 5.27. The van der Waals surface area contributed by atoms with Crippen molar-refractivity contribution in [2.45, 2.75) is 26.4 Å². The molecule has 0 spiro atoms. The summed E-state index contributed by atoms with van der Waals surface area (Å²) in [6, 6.07) is 0. The van der Waals surface area contributed by atoms with E-state index in [0.717, 1.165) is 12.2 Å². The van der Waals surface area contributed by atoms with E-state index >= 15 is 0 Å². The minimum atomic E-state index is -0.815. The lowest BCUT2D eigenvalue weighted by Gasteiger charge is -2.18. The minimum Gasteiger partial charge on any atom is -0.482 e. The largest absolute Gasteiger partial charge is 0.482 e. The van der Waals surface area contributed by atoms with Gasteiger partial charge in [0.05, 0.1) is 6.61 Å². The van der Waals surface area contributed by atoms with E-state index in [1.54, 1.807) is 0 Å². The first-order valence-corrected chi connectivity index (χ1v) is 5.10. The Morgan fingerprint density at radius 1 is 1.44 bits per heavy atom. The second kappa shape index (κ2) is 8.05. The quantitative estimate of drug-likeness (QED) is 0.492. The molecular formula is C12H18F2O2. The summed E-state index contributed by atoms with van der Waals surface area (Å²) in [6.07, 6.45) is 2.27. The van der Waals surface area contributed by atoms with Crippen molar-refractivity contribution >= 4 is 0 Å². The molecule has 0 fully saturated rings. The van der Waals surface area contributed by atoms with E-state index in [1.807, 2.05) is 6.92 Å². The van der Waals surface area contributed by atoms with Crippen LogP contribution >= 0.6 is 0 Å². The monoisotopic (exact) mass is 232 g/mol. The Morgan fingerprint density at radius 2 is 2.06 bits per heavy atom. The third-order valence-electron chi connectivity index (χ3n) is 1.96. The van der Waals surface area contributed by atoms with Gasteiger partial charge in [-0.15, -0.1) is 0 Å². The summed E-state index contributed by atoms with van der Waals surface area (Å²) in [6.45, 7) is 6.83. The van der Waals surface area contributed by atoms with Crippen LogP contribution in [0.1, 0.15) is 20.3 Å². The first-order chi connectivity index (χ1) is 7.60. The minimum absolute atomic E-state index is 0.279. The molecule has 0 heterocycles. The zero-order chi connectivity index (χ0) is 12.6. The normalized spacial score (nSPS) is 15.4. The number of methoxy groups -OCH3 is 1. The molecule has 0 aromatic carbocycles. The highest BCUT2D eigenvalue weighted by atomic mass is 19.1. The number of halogens is 2. The Bertz CT molecular complexity index is 283. The highest BCUT2D eigenvalue weighted by Crippen LogP contribution is 2.22. The van der Waals surface area contributed by atoms with Gasteiger partial charge in [-0.25, -0.2) is 8.78 Å². The molecule has 0 radical (unpaired) electrons. The number of hydrogen-bond donors (Lipinski definition) is 0. The Kier molecular flexibility index (Phi) is 7.46. The van der Waals surface area contributed by atoms with Gasteiger partial charge in [0.1, 0.15) is 6.10 Å². The Labute approximate surface area is 95.2 Å². The molecule has 0 aromatic rings. The summed E-state index contributed by atoms with van der Waals surface area (Å²) in [5, 5.41) is 0. The van der Waals surface area contributed by atoms with Gasteiger partial charge in [-0.3, -0.25) is 0 Å². The van der Waals surface area contributed by atoms with Crippen LogP contribution in [0.15, 0.2) is 36.1 Å². The van der Waals surface area contributed by atoms with Gasteiger partial charge in [-0.1, -0.05) is 13.5 Å². The molecule has 0 aromatic heterocycles. The van der Waals surface area contributed by atoms with Crippen molar-refractivity contribution in [3.8, 4) is 0 Å². The first kappa shape index (κ1) is 14.8. The fourth-order valence-electron chi connectivity index (χ4n) is 1.04. The summed E-state index contributed by atoms with van der Waals surface area (Å²) in [7, 11) is 1.51. The smallest absolute Gasteiger partial charge is 0.190 e. The Hall–Kier alpha value is -1.16. The van der Waals surface area contributed by atoms with Crippen LogP contribution in [0.4, 0.5) is 8.78 Å². The molecule has 0 aliphatic carbocycles. The van der Waals surface area contributed by atoms with E-state index < -0.39 is 17.4 Å². The van der Waals surface area contributed by atoms with Gasteiger partial charge < -0.3 is 9.47 Å². The lowest BCUT2D eigenvalue weighted by molar-refractivity contribution is 0.0321. The number of allylic oxidation sites excluding steroid dienone is 4. The van der Waals surface area contributed by atoms with E-state index in [4.69, 9.17) is 9.47 Å². The number of ether oxygens (including phenoxy) is 2. The molecule has 0 aliphatic heterocycles. The van der Waals surface area contributed by atoms with Gasteiger partial charge in [0.2, 0.25) is 0 Å². The van der Waals surface area contributed by atoms with Crippen molar-refractivity contribution in [2.75, 3.05) is 13.7 Å². The first-order valence-electron chi connectivity index (χ1n) is 5.10. The van der Waals surface area contributed by atoms with Crippen molar-refractivity contribution < 1.29 is 18.3 Å². The molecule has 92 valence electrons. The standard InChI is InChI=1S/C12H18F2O2/c1-5-9(8-15-4)16-12(10(13)6-2)11(14)7-3/h6-7,9H,2,5,8H2,1,3-4H3/b11-7+,12-10-/t9-/m0/s1. The van der Waals surface area contributed by atoms with Gasteiger partial charge in [0.25, 0.3) is 0 Å². The summed E-state index contributed by atoms with van der Waals surface area (Å²) in [4.78, 5) is 0. The fourth-order valence-corrected chi connectivity index (χ4v) is 1.04. The molecule has 4 heteroatoms. The average Bonchev–Trinajstić information content (AvgIpc) is 2.32. The molecule has 0 rings (SSSR count). The Morgan fingerprint density at radius 3 is 2.44 bits per heavy atom. The van der Waals surface area contributed by atoms with Gasteiger partial charge in [0.15, 0.2) is 17.4 Å². The van der Waals surface area contributed by atoms with Gasteiger partial charge in [-0.05, 0) is 25.5 Å². The van der Waals surface area contributed by atoms with Crippen molar-refractivity contribution in [1.82, 2.24) is 0 Å². The van der Waals surface area contributed by atoms with Crippen LogP contribution in [0.25, 0.3) is 0 Å². The molecule has 1 atom stereocenters. The van der Waals surface area contributed by atoms with E-state index in [1.165, 1.54) is 14.0 Å². The molecule has 0 saturated carbocycles. The van der Waals surface area contributed by atoms with Crippen LogP contribution < -0.4 is 0 Å². The third kappa shape index (κ3) is 4.57. The van der Waals surface area contributed by atoms with Crippen LogP contribution in [-0.2, 0) is 9.47 Å². The van der Waals surface area contributed by atoms with Crippen LogP contribution in [0, 0.1) is 0 Å². The SMILES string of the molecule is C=C/C(F)=C(O[C@@H](CC)COC)\C(F)=C/C. The van der Waals surface area contributed by atoms with Crippen LogP contribution in [0.2, 0.25) is 0 Å². The molecule has 0 unspecified atom stereocenters. The zero-order valence-corrected chi connectivity index (χ0v) is 9.93. The van der Waals surface area contributed by atoms with Gasteiger partial charge in [0, 0.05) is 7.11 Å². The van der Waals surface area contributed by atoms with E-state index in [9.17, 15) is 8.78 Å². The van der Waals surface area contributed by atoms with Crippen LogP contribution in [-0.4, -0.2) is 19.8 Å². The second-order valence-corrected chi connectivity index (χ2v) is 3.12. The lowest BCUT2D eigenvalue weighted by Crippen LogP contribution is -2.18. The summed E-state index contributed by atoms with van der Waals surface area (Å²) >= 11 is 0. The third-order valence-corrected chi connectivity index (χ3v) is 1.96. The average molecular weight is 232 g/mol. The summed E-state index contributed by atoms with van der Waals surface area (Å²) < 4.78 is 36.7. The summed E-state index contributed by atoms with van der Waals surface area (Å²) in [5.41, 5.74) is 0. The van der Waals surface area contributed by atoms with Crippen molar-refractivity contribution in [2.24, 2.45) is 0 Å². The predicted octanol–water partition coefficient (Wildman–Crippen LogP) is 3.67. The molecule has 0 saturated heterocycles. The zero-order valence-electron chi connectivity index (χ0n) is 9.93. The maximum absolute atomic E-state index is 13.3. The maximum Gasteiger partial charge on any atom is 0.190 e. The van der Waals surface area contributed by atoms with Crippen LogP contribution in [0.5, 0.6) is 0 Å².